The SMILES string of the molecule is Cc1csc([C@H]2CCCN2C(=O)c2cc(OC(F)F)nc(C(=O)O)c2)n1. The van der Waals surface area contributed by atoms with Gasteiger partial charge in [0.15, 0.2) is 5.69 Å². The Morgan fingerprint density at radius 1 is 1.38 bits per heavy atom. The van der Waals surface area contributed by atoms with Gasteiger partial charge in [-0.05, 0) is 25.8 Å². The third kappa shape index (κ3) is 3.79. The van der Waals surface area contributed by atoms with E-state index in [2.05, 4.69) is 14.7 Å². The van der Waals surface area contributed by atoms with Gasteiger partial charge in [-0.2, -0.15) is 8.78 Å². The maximum Gasteiger partial charge on any atom is 0.388 e. The molecule has 0 unspecified atom stereocenters. The van der Waals surface area contributed by atoms with E-state index < -0.39 is 30.1 Å². The highest BCUT2D eigenvalue weighted by Crippen LogP contribution is 2.35. The normalized spacial score (nSPS) is 16.9. The Bertz CT molecular complexity index is 843. The van der Waals surface area contributed by atoms with E-state index in [9.17, 15) is 18.4 Å². The maximum atomic E-state index is 12.9. The van der Waals surface area contributed by atoms with E-state index in [1.165, 1.54) is 11.3 Å². The van der Waals surface area contributed by atoms with E-state index in [0.29, 0.717) is 6.54 Å². The third-order valence-corrected chi connectivity index (χ3v) is 4.98. The number of likely N-dealkylation sites (tertiary alicyclic amines) is 1. The van der Waals surface area contributed by atoms with Crippen LogP contribution in [-0.4, -0.2) is 45.0 Å². The van der Waals surface area contributed by atoms with Crippen LogP contribution in [0.15, 0.2) is 17.5 Å². The molecule has 138 valence electrons. The van der Waals surface area contributed by atoms with Gasteiger partial charge in [0.25, 0.3) is 5.91 Å². The number of ether oxygens (including phenoxy) is 1. The quantitative estimate of drug-likeness (QED) is 0.853. The summed E-state index contributed by atoms with van der Waals surface area (Å²) in [4.78, 5) is 33.5. The molecule has 2 aromatic heterocycles. The number of carboxylic acids is 1. The number of nitrogens with zero attached hydrogens (tertiary/aromatic N) is 3. The molecule has 1 aliphatic rings. The average molecular weight is 383 g/mol. The minimum absolute atomic E-state index is 0.0618. The first-order valence-corrected chi connectivity index (χ1v) is 8.66. The summed E-state index contributed by atoms with van der Waals surface area (Å²) in [5.41, 5.74) is 0.259. The van der Waals surface area contributed by atoms with E-state index in [1.54, 1.807) is 4.90 Å². The second-order valence-electron chi connectivity index (χ2n) is 5.75. The summed E-state index contributed by atoms with van der Waals surface area (Å²) in [6.07, 6.45) is 1.50. The number of thiazole rings is 1. The fourth-order valence-electron chi connectivity index (χ4n) is 2.85. The van der Waals surface area contributed by atoms with Crippen LogP contribution in [0, 0.1) is 6.92 Å². The number of alkyl halides is 2. The Kier molecular flexibility index (Phi) is 5.12. The zero-order valence-electron chi connectivity index (χ0n) is 13.7. The van der Waals surface area contributed by atoms with E-state index in [1.807, 2.05) is 12.3 Å². The van der Waals surface area contributed by atoms with Crippen LogP contribution in [0.1, 0.15) is 50.4 Å². The molecule has 26 heavy (non-hydrogen) atoms. The van der Waals surface area contributed by atoms with Crippen LogP contribution >= 0.6 is 11.3 Å². The summed E-state index contributed by atoms with van der Waals surface area (Å²) in [6.45, 7) is -0.845. The van der Waals surface area contributed by atoms with Crippen LogP contribution in [-0.2, 0) is 0 Å². The molecule has 0 aromatic carbocycles. The van der Waals surface area contributed by atoms with Gasteiger partial charge in [0, 0.05) is 29.2 Å². The second kappa shape index (κ2) is 7.32. The number of aromatic carboxylic acids is 1. The molecule has 0 saturated carbocycles. The minimum atomic E-state index is -3.17. The van der Waals surface area contributed by atoms with Crippen molar-refractivity contribution >= 4 is 23.2 Å². The highest BCUT2D eigenvalue weighted by atomic mass is 32.1. The molecular formula is C16H15F2N3O4S. The molecule has 7 nitrogen and oxygen atoms in total. The van der Waals surface area contributed by atoms with Crippen molar-refractivity contribution in [2.45, 2.75) is 32.4 Å². The topological polar surface area (TPSA) is 92.6 Å². The smallest absolute Gasteiger partial charge is 0.388 e. The molecule has 0 aliphatic carbocycles. The van der Waals surface area contributed by atoms with Gasteiger partial charge < -0.3 is 14.7 Å². The van der Waals surface area contributed by atoms with Crippen molar-refractivity contribution < 1.29 is 28.2 Å². The lowest BCUT2D eigenvalue weighted by Gasteiger charge is -2.23. The summed E-state index contributed by atoms with van der Waals surface area (Å²) in [7, 11) is 0. The van der Waals surface area contributed by atoms with E-state index in [4.69, 9.17) is 5.11 Å². The summed E-state index contributed by atoms with van der Waals surface area (Å²) in [6, 6.07) is 1.87. The molecule has 3 heterocycles. The van der Waals surface area contributed by atoms with Crippen LogP contribution < -0.4 is 4.74 Å². The highest BCUT2D eigenvalue weighted by molar-refractivity contribution is 7.09. The van der Waals surface area contributed by atoms with E-state index >= 15 is 0 Å². The van der Waals surface area contributed by atoms with Crippen LogP contribution in [0.4, 0.5) is 8.78 Å². The lowest BCUT2D eigenvalue weighted by atomic mass is 10.1. The van der Waals surface area contributed by atoms with Gasteiger partial charge in [-0.15, -0.1) is 11.3 Å². The predicted molar refractivity (Wildman–Crippen MR) is 87.7 cm³/mol. The molecule has 3 rings (SSSR count). The Hall–Kier alpha value is -2.62. The van der Waals surface area contributed by atoms with Gasteiger partial charge in [0.05, 0.1) is 6.04 Å². The third-order valence-electron chi connectivity index (χ3n) is 3.91. The number of aromatic nitrogens is 2. The number of carbonyl (C=O) groups is 2. The van der Waals surface area contributed by atoms with Crippen molar-refractivity contribution in [2.24, 2.45) is 0 Å². The molecule has 1 saturated heterocycles. The van der Waals surface area contributed by atoms with Gasteiger partial charge in [-0.25, -0.2) is 14.8 Å². The maximum absolute atomic E-state index is 12.9. The van der Waals surface area contributed by atoms with Gasteiger partial charge >= 0.3 is 12.6 Å². The summed E-state index contributed by atoms with van der Waals surface area (Å²) >= 11 is 1.45. The number of pyridine rings is 1. The Balaban J connectivity index is 1.92. The Morgan fingerprint density at radius 2 is 2.15 bits per heavy atom. The van der Waals surface area contributed by atoms with Crippen molar-refractivity contribution in [2.75, 3.05) is 6.54 Å². The fraction of sp³-hybridized carbons (Fsp3) is 0.375. The molecule has 1 N–H and O–H groups in total. The molecule has 1 atom stereocenters. The van der Waals surface area contributed by atoms with Crippen molar-refractivity contribution in [3.8, 4) is 5.88 Å². The van der Waals surface area contributed by atoms with Crippen LogP contribution in [0.3, 0.4) is 0 Å². The second-order valence-corrected chi connectivity index (χ2v) is 6.64. The van der Waals surface area contributed by atoms with Crippen LogP contribution in [0.2, 0.25) is 0 Å². The van der Waals surface area contributed by atoms with Crippen LogP contribution in [0.5, 0.6) is 5.88 Å². The fourth-order valence-corrected chi connectivity index (χ4v) is 3.79. The zero-order valence-corrected chi connectivity index (χ0v) is 14.5. The number of halogens is 2. The monoisotopic (exact) mass is 383 g/mol. The molecule has 1 aliphatic heterocycles. The largest absolute Gasteiger partial charge is 0.477 e. The van der Waals surface area contributed by atoms with Gasteiger partial charge in [-0.1, -0.05) is 0 Å². The highest BCUT2D eigenvalue weighted by Gasteiger charge is 2.33. The Morgan fingerprint density at radius 3 is 2.77 bits per heavy atom. The molecular weight excluding hydrogens is 368 g/mol. The zero-order chi connectivity index (χ0) is 18.8. The molecule has 2 aromatic rings. The predicted octanol–water partition coefficient (Wildman–Crippen LogP) is 3.12. The number of amides is 1. The number of hydrogen-bond donors (Lipinski definition) is 1. The number of aryl methyl sites for hydroxylation is 1. The van der Waals surface area contributed by atoms with Crippen molar-refractivity contribution in [1.82, 2.24) is 14.9 Å². The van der Waals surface area contributed by atoms with Gasteiger partial charge in [0.2, 0.25) is 5.88 Å². The Labute approximate surface area is 151 Å². The van der Waals surface area contributed by atoms with E-state index in [0.717, 1.165) is 35.7 Å². The number of rotatable bonds is 5. The van der Waals surface area contributed by atoms with Crippen molar-refractivity contribution in [1.29, 1.82) is 0 Å². The summed E-state index contributed by atoms with van der Waals surface area (Å²) in [5.74, 6) is -2.51. The number of carboxylic acid groups (broad SMARTS) is 1. The molecule has 0 spiro atoms. The van der Waals surface area contributed by atoms with E-state index in [-0.39, 0.29) is 11.6 Å². The summed E-state index contributed by atoms with van der Waals surface area (Å²) in [5, 5.41) is 11.8. The lowest BCUT2D eigenvalue weighted by molar-refractivity contribution is -0.0530. The van der Waals surface area contributed by atoms with Gasteiger partial charge in [-0.3, -0.25) is 4.79 Å². The number of hydrogen-bond acceptors (Lipinski definition) is 6. The average Bonchev–Trinajstić information content (AvgIpc) is 3.21. The lowest BCUT2D eigenvalue weighted by Crippen LogP contribution is -2.31. The first-order valence-electron chi connectivity index (χ1n) is 7.78. The number of carbonyl (C=O) groups excluding carboxylic acids is 1. The molecule has 0 bridgehead atoms. The molecule has 0 radical (unpaired) electrons. The summed E-state index contributed by atoms with van der Waals surface area (Å²) < 4.78 is 29.1. The molecule has 1 amide bonds. The van der Waals surface area contributed by atoms with Crippen molar-refractivity contribution in [3.63, 3.8) is 0 Å². The van der Waals surface area contributed by atoms with Gasteiger partial charge in [0.1, 0.15) is 5.01 Å². The van der Waals surface area contributed by atoms with Crippen molar-refractivity contribution in [3.05, 3.63) is 39.5 Å². The first-order chi connectivity index (χ1) is 12.3. The molecule has 1 fully saturated rings. The standard InChI is InChI=1S/C16H15F2N3O4S/c1-8-7-26-13(19-8)11-3-2-4-21(11)14(22)9-5-10(15(23)24)20-12(6-9)25-16(17)18/h5-7,11,16H,2-4H2,1H3,(H,23,24)/t11-/m1/s1. The first kappa shape index (κ1) is 18.2. The van der Waals surface area contributed by atoms with Crippen LogP contribution in [0.25, 0.3) is 0 Å². The molecule has 10 heteroatoms. The minimum Gasteiger partial charge on any atom is -0.477 e.